The van der Waals surface area contributed by atoms with Gasteiger partial charge in [-0.3, -0.25) is 0 Å². The Balaban J connectivity index is 3.04. The molecular weight excluding hydrogens is 617 g/mol. The van der Waals surface area contributed by atoms with Crippen LogP contribution in [-0.2, 0) is 4.74 Å². The van der Waals surface area contributed by atoms with Crippen LogP contribution < -0.4 is 0 Å². The number of rotatable bonds is 48. The molecule has 0 amide bonds. The summed E-state index contributed by atoms with van der Waals surface area (Å²) in [7, 11) is 0. The molecule has 51 heavy (non-hydrogen) atoms. The highest BCUT2D eigenvalue weighted by Crippen LogP contribution is 2.17. The average molecular weight is 719 g/mol. The predicted molar refractivity (Wildman–Crippen MR) is 235 cm³/mol. The zero-order chi connectivity index (χ0) is 36.6. The fourth-order valence-corrected chi connectivity index (χ4v) is 8.08. The average Bonchev–Trinajstić information content (AvgIpc) is 3.14. The van der Waals surface area contributed by atoms with E-state index in [-0.39, 0.29) is 0 Å². The molecule has 0 bridgehead atoms. The SMILES string of the molecule is CCCCCCCCCCCCCCCCCCCCCCCCCOCCCCCCCCCCCCCCCCCCCCCCCCC. The summed E-state index contributed by atoms with van der Waals surface area (Å²) in [5.74, 6) is 0. The van der Waals surface area contributed by atoms with Crippen molar-refractivity contribution in [3.05, 3.63) is 0 Å². The summed E-state index contributed by atoms with van der Waals surface area (Å²) < 4.78 is 5.93. The molecule has 0 aliphatic heterocycles. The lowest BCUT2D eigenvalue weighted by atomic mass is 10.0. The van der Waals surface area contributed by atoms with E-state index in [9.17, 15) is 0 Å². The van der Waals surface area contributed by atoms with Crippen molar-refractivity contribution in [1.82, 2.24) is 0 Å². The summed E-state index contributed by atoms with van der Waals surface area (Å²) in [6, 6.07) is 0. The van der Waals surface area contributed by atoms with Crippen molar-refractivity contribution in [2.45, 2.75) is 309 Å². The van der Waals surface area contributed by atoms with Crippen LogP contribution in [0.5, 0.6) is 0 Å². The molecular formula is C50H102O. The van der Waals surface area contributed by atoms with E-state index in [1.165, 1.54) is 295 Å². The van der Waals surface area contributed by atoms with Crippen molar-refractivity contribution in [2.75, 3.05) is 13.2 Å². The van der Waals surface area contributed by atoms with Crippen molar-refractivity contribution in [2.24, 2.45) is 0 Å². The molecule has 0 rings (SSSR count). The number of unbranched alkanes of at least 4 members (excludes halogenated alkanes) is 44. The van der Waals surface area contributed by atoms with Crippen LogP contribution in [0.3, 0.4) is 0 Å². The van der Waals surface area contributed by atoms with E-state index in [0.717, 1.165) is 13.2 Å². The van der Waals surface area contributed by atoms with Crippen molar-refractivity contribution in [3.8, 4) is 0 Å². The van der Waals surface area contributed by atoms with E-state index in [1.54, 1.807) is 0 Å². The molecule has 0 spiro atoms. The molecule has 0 saturated carbocycles. The van der Waals surface area contributed by atoms with Gasteiger partial charge >= 0.3 is 0 Å². The molecule has 0 unspecified atom stereocenters. The Morgan fingerprint density at radius 3 is 0.412 bits per heavy atom. The van der Waals surface area contributed by atoms with Gasteiger partial charge in [0.25, 0.3) is 0 Å². The van der Waals surface area contributed by atoms with E-state index in [4.69, 9.17) is 4.74 Å². The minimum absolute atomic E-state index is 0.999. The van der Waals surface area contributed by atoms with Gasteiger partial charge in [-0.1, -0.05) is 296 Å². The standard InChI is InChI=1S/C50H102O/c1-3-5-7-9-11-13-15-17-19-21-23-25-27-29-31-33-35-37-39-41-43-45-47-49-51-50-48-46-44-42-40-38-36-34-32-30-28-26-24-22-20-18-16-14-12-10-8-6-4-2/h3-50H2,1-2H3. The van der Waals surface area contributed by atoms with Gasteiger partial charge in [0, 0.05) is 13.2 Å². The summed E-state index contributed by atoms with van der Waals surface area (Å²) in [4.78, 5) is 0. The van der Waals surface area contributed by atoms with E-state index in [1.807, 2.05) is 0 Å². The molecule has 0 fully saturated rings. The number of ether oxygens (including phenoxy) is 1. The Labute approximate surface area is 326 Å². The van der Waals surface area contributed by atoms with Crippen molar-refractivity contribution in [1.29, 1.82) is 0 Å². The summed E-state index contributed by atoms with van der Waals surface area (Å²) >= 11 is 0. The van der Waals surface area contributed by atoms with E-state index in [2.05, 4.69) is 13.8 Å². The van der Waals surface area contributed by atoms with Crippen LogP contribution in [0, 0.1) is 0 Å². The third-order valence-corrected chi connectivity index (χ3v) is 11.8. The molecule has 1 heteroatoms. The van der Waals surface area contributed by atoms with Gasteiger partial charge in [0.2, 0.25) is 0 Å². The number of hydrogen-bond acceptors (Lipinski definition) is 1. The van der Waals surface area contributed by atoms with Crippen LogP contribution in [0.4, 0.5) is 0 Å². The smallest absolute Gasteiger partial charge is 0.0466 e. The highest BCUT2D eigenvalue weighted by Gasteiger charge is 1.99. The van der Waals surface area contributed by atoms with Gasteiger partial charge in [0.15, 0.2) is 0 Å². The molecule has 0 aliphatic rings. The highest BCUT2D eigenvalue weighted by atomic mass is 16.5. The van der Waals surface area contributed by atoms with E-state index in [0.29, 0.717) is 0 Å². The zero-order valence-electron chi connectivity index (χ0n) is 36.3. The van der Waals surface area contributed by atoms with Crippen LogP contribution in [-0.4, -0.2) is 13.2 Å². The minimum atomic E-state index is 0.999. The zero-order valence-corrected chi connectivity index (χ0v) is 36.3. The van der Waals surface area contributed by atoms with E-state index >= 15 is 0 Å². The first-order valence-corrected chi connectivity index (χ1v) is 25.0. The van der Waals surface area contributed by atoms with Gasteiger partial charge in [-0.25, -0.2) is 0 Å². The lowest BCUT2D eigenvalue weighted by molar-refractivity contribution is 0.125. The Bertz CT molecular complexity index is 509. The molecule has 0 radical (unpaired) electrons. The lowest BCUT2D eigenvalue weighted by Crippen LogP contribution is -1.97. The second-order valence-electron chi connectivity index (χ2n) is 17.2. The molecule has 0 aromatic rings. The first-order valence-electron chi connectivity index (χ1n) is 25.0. The van der Waals surface area contributed by atoms with Crippen molar-refractivity contribution >= 4 is 0 Å². The molecule has 0 aromatic heterocycles. The molecule has 0 atom stereocenters. The van der Waals surface area contributed by atoms with Crippen LogP contribution in [0.2, 0.25) is 0 Å². The molecule has 0 aromatic carbocycles. The normalized spacial score (nSPS) is 11.6. The maximum Gasteiger partial charge on any atom is 0.0466 e. The maximum absolute atomic E-state index is 5.93. The third kappa shape index (κ3) is 50.0. The molecule has 0 saturated heterocycles. The molecule has 1 nitrogen and oxygen atoms in total. The Hall–Kier alpha value is -0.0400. The fourth-order valence-electron chi connectivity index (χ4n) is 8.08. The maximum atomic E-state index is 5.93. The Morgan fingerprint density at radius 1 is 0.157 bits per heavy atom. The first kappa shape index (κ1) is 51.0. The van der Waals surface area contributed by atoms with Gasteiger partial charge in [0.05, 0.1) is 0 Å². The summed E-state index contributed by atoms with van der Waals surface area (Å²) in [5, 5.41) is 0. The second kappa shape index (κ2) is 50.0. The van der Waals surface area contributed by atoms with Crippen LogP contribution in [0.25, 0.3) is 0 Å². The van der Waals surface area contributed by atoms with E-state index < -0.39 is 0 Å². The fraction of sp³-hybridized carbons (Fsp3) is 1.00. The summed E-state index contributed by atoms with van der Waals surface area (Å²) in [5.41, 5.74) is 0. The topological polar surface area (TPSA) is 9.23 Å². The van der Waals surface area contributed by atoms with Crippen LogP contribution in [0.1, 0.15) is 309 Å². The van der Waals surface area contributed by atoms with Crippen LogP contribution in [0.15, 0.2) is 0 Å². The number of hydrogen-bond donors (Lipinski definition) is 0. The van der Waals surface area contributed by atoms with Gasteiger partial charge in [-0.15, -0.1) is 0 Å². The lowest BCUT2D eigenvalue weighted by Gasteiger charge is -2.06. The van der Waals surface area contributed by atoms with Gasteiger partial charge < -0.3 is 4.74 Å². The predicted octanol–water partition coefficient (Wildman–Crippen LogP) is 19.0. The Morgan fingerprint density at radius 2 is 0.275 bits per heavy atom. The third-order valence-electron chi connectivity index (χ3n) is 11.8. The molecule has 0 heterocycles. The highest BCUT2D eigenvalue weighted by molar-refractivity contribution is 4.54. The van der Waals surface area contributed by atoms with Crippen LogP contribution >= 0.6 is 0 Å². The second-order valence-corrected chi connectivity index (χ2v) is 17.2. The van der Waals surface area contributed by atoms with Gasteiger partial charge in [0.1, 0.15) is 0 Å². The largest absolute Gasteiger partial charge is 0.381 e. The minimum Gasteiger partial charge on any atom is -0.381 e. The molecule has 0 aliphatic carbocycles. The molecule has 0 N–H and O–H groups in total. The van der Waals surface area contributed by atoms with Gasteiger partial charge in [-0.05, 0) is 12.8 Å². The van der Waals surface area contributed by atoms with Gasteiger partial charge in [-0.2, -0.15) is 0 Å². The first-order chi connectivity index (χ1) is 25.4. The molecule has 308 valence electrons. The summed E-state index contributed by atoms with van der Waals surface area (Å²) in [6.45, 7) is 6.62. The monoisotopic (exact) mass is 719 g/mol. The summed E-state index contributed by atoms with van der Waals surface area (Å²) in [6.07, 6.45) is 67.0. The quantitative estimate of drug-likeness (QED) is 0.0569. The van der Waals surface area contributed by atoms with Crippen molar-refractivity contribution < 1.29 is 4.74 Å². The van der Waals surface area contributed by atoms with Crippen molar-refractivity contribution in [3.63, 3.8) is 0 Å². The Kier molecular flexibility index (Phi) is 49.9.